The molecule has 0 aliphatic carbocycles. The fraction of sp³-hybridized carbons (Fsp3) is 1.00. The van der Waals surface area contributed by atoms with Gasteiger partial charge in [0.15, 0.2) is 6.29 Å². The van der Waals surface area contributed by atoms with Crippen molar-refractivity contribution < 1.29 is 14.2 Å². The third-order valence-corrected chi connectivity index (χ3v) is 3.06. The Hall–Kier alpha value is -0.120. The van der Waals surface area contributed by atoms with Crippen LogP contribution in [0, 0.1) is 0 Å². The van der Waals surface area contributed by atoms with E-state index in [0.29, 0.717) is 13.2 Å². The molecule has 0 amide bonds. The normalized spacial score (nSPS) is 20.6. The minimum atomic E-state index is 0.0249. The van der Waals surface area contributed by atoms with Crippen molar-refractivity contribution in [2.24, 2.45) is 0 Å². The predicted molar refractivity (Wildman–Crippen MR) is 69.1 cm³/mol. The van der Waals surface area contributed by atoms with Gasteiger partial charge in [-0.05, 0) is 25.7 Å². The van der Waals surface area contributed by atoms with E-state index < -0.39 is 0 Å². The maximum Gasteiger partial charge on any atom is 0.157 e. The van der Waals surface area contributed by atoms with Crippen LogP contribution >= 0.6 is 0 Å². The number of hydrogen-bond acceptors (Lipinski definition) is 3. The first-order chi connectivity index (χ1) is 8.43. The van der Waals surface area contributed by atoms with Crippen LogP contribution in [0.1, 0.15) is 58.3 Å². The molecule has 3 nitrogen and oxygen atoms in total. The first kappa shape index (κ1) is 14.9. The van der Waals surface area contributed by atoms with Crippen LogP contribution in [-0.4, -0.2) is 32.7 Å². The van der Waals surface area contributed by atoms with E-state index in [1.807, 2.05) is 0 Å². The van der Waals surface area contributed by atoms with Gasteiger partial charge >= 0.3 is 0 Å². The van der Waals surface area contributed by atoms with E-state index in [9.17, 15) is 0 Å². The molecule has 17 heavy (non-hydrogen) atoms. The summed E-state index contributed by atoms with van der Waals surface area (Å²) in [4.78, 5) is 0. The number of ether oxygens (including phenoxy) is 3. The Balaban J connectivity index is 1.75. The Morgan fingerprint density at radius 3 is 2.65 bits per heavy atom. The lowest BCUT2D eigenvalue weighted by Gasteiger charge is -2.22. The zero-order valence-electron chi connectivity index (χ0n) is 11.3. The van der Waals surface area contributed by atoms with Gasteiger partial charge in [0.2, 0.25) is 0 Å². The molecule has 1 fully saturated rings. The molecule has 1 saturated heterocycles. The van der Waals surface area contributed by atoms with Crippen LogP contribution in [0.15, 0.2) is 0 Å². The van der Waals surface area contributed by atoms with Crippen molar-refractivity contribution in [3.05, 3.63) is 0 Å². The van der Waals surface area contributed by atoms with Crippen molar-refractivity contribution in [1.29, 1.82) is 0 Å². The van der Waals surface area contributed by atoms with Crippen molar-refractivity contribution in [2.75, 3.05) is 26.4 Å². The van der Waals surface area contributed by atoms with E-state index in [1.165, 1.54) is 44.9 Å². The van der Waals surface area contributed by atoms with Crippen LogP contribution in [0.5, 0.6) is 0 Å². The van der Waals surface area contributed by atoms with Crippen LogP contribution in [0.4, 0.5) is 0 Å². The lowest BCUT2D eigenvalue weighted by molar-refractivity contribution is -0.169. The molecule has 0 saturated carbocycles. The summed E-state index contributed by atoms with van der Waals surface area (Å²) in [5.74, 6) is 0. The molecule has 1 rings (SSSR count). The van der Waals surface area contributed by atoms with E-state index in [1.54, 1.807) is 0 Å². The molecular formula is C14H28O3. The molecule has 0 spiro atoms. The average molecular weight is 244 g/mol. The molecule has 1 aliphatic heterocycles. The fourth-order valence-electron chi connectivity index (χ4n) is 1.99. The Labute approximate surface area is 106 Å². The summed E-state index contributed by atoms with van der Waals surface area (Å²) in [5.41, 5.74) is 0. The second-order valence-corrected chi connectivity index (χ2v) is 4.69. The van der Waals surface area contributed by atoms with Crippen LogP contribution in [0.3, 0.4) is 0 Å². The van der Waals surface area contributed by atoms with Crippen molar-refractivity contribution in [1.82, 2.24) is 0 Å². The van der Waals surface area contributed by atoms with Gasteiger partial charge in [-0.25, -0.2) is 0 Å². The van der Waals surface area contributed by atoms with Crippen LogP contribution < -0.4 is 0 Å². The minimum Gasteiger partial charge on any atom is -0.379 e. The van der Waals surface area contributed by atoms with E-state index in [2.05, 4.69) is 6.92 Å². The monoisotopic (exact) mass is 244 g/mol. The third-order valence-electron chi connectivity index (χ3n) is 3.06. The third kappa shape index (κ3) is 8.58. The summed E-state index contributed by atoms with van der Waals surface area (Å²) in [6.45, 7) is 5.33. The van der Waals surface area contributed by atoms with Crippen LogP contribution in [0.25, 0.3) is 0 Å². The van der Waals surface area contributed by atoms with Crippen LogP contribution in [-0.2, 0) is 14.2 Å². The van der Waals surface area contributed by atoms with Crippen molar-refractivity contribution in [2.45, 2.75) is 64.6 Å². The number of rotatable bonds is 10. The highest BCUT2D eigenvalue weighted by molar-refractivity contribution is 4.53. The summed E-state index contributed by atoms with van der Waals surface area (Å²) < 4.78 is 16.6. The Kier molecular flexibility index (Phi) is 9.66. The van der Waals surface area contributed by atoms with Gasteiger partial charge in [0.25, 0.3) is 0 Å². The van der Waals surface area contributed by atoms with Crippen molar-refractivity contribution >= 4 is 0 Å². The molecule has 1 atom stereocenters. The Bertz CT molecular complexity index is 156. The number of unbranched alkanes of at least 4 members (excludes halogenated alkanes) is 4. The summed E-state index contributed by atoms with van der Waals surface area (Å²) in [7, 11) is 0. The molecule has 1 aliphatic rings. The standard InChI is InChI=1S/C14H28O3/c1-2-3-4-5-7-10-15-12-13-17-14-9-6-8-11-16-14/h14H,2-13H2,1H3. The predicted octanol–water partition coefficient (Wildman–Crippen LogP) is 3.52. The Morgan fingerprint density at radius 2 is 1.88 bits per heavy atom. The van der Waals surface area contributed by atoms with Gasteiger partial charge in [-0.2, -0.15) is 0 Å². The fourth-order valence-corrected chi connectivity index (χ4v) is 1.99. The maximum atomic E-state index is 5.58. The van der Waals surface area contributed by atoms with E-state index >= 15 is 0 Å². The van der Waals surface area contributed by atoms with Crippen LogP contribution in [0.2, 0.25) is 0 Å². The smallest absolute Gasteiger partial charge is 0.157 e. The molecular weight excluding hydrogens is 216 g/mol. The first-order valence-corrected chi connectivity index (χ1v) is 7.24. The van der Waals surface area contributed by atoms with Gasteiger partial charge in [0.05, 0.1) is 13.2 Å². The number of hydrogen-bond donors (Lipinski definition) is 0. The van der Waals surface area contributed by atoms with Crippen molar-refractivity contribution in [3.63, 3.8) is 0 Å². The molecule has 0 radical (unpaired) electrons. The summed E-state index contributed by atoms with van der Waals surface area (Å²) in [6, 6.07) is 0. The molecule has 0 aromatic carbocycles. The van der Waals surface area contributed by atoms with E-state index in [-0.39, 0.29) is 6.29 Å². The molecule has 0 aromatic rings. The SMILES string of the molecule is CCCCCCCOCCOC1CCCCO1. The molecule has 3 heteroatoms. The zero-order chi connectivity index (χ0) is 12.2. The van der Waals surface area contributed by atoms with Gasteiger partial charge in [-0.15, -0.1) is 0 Å². The Morgan fingerprint density at radius 1 is 1.00 bits per heavy atom. The second kappa shape index (κ2) is 11.0. The highest BCUT2D eigenvalue weighted by atomic mass is 16.7. The summed E-state index contributed by atoms with van der Waals surface area (Å²) >= 11 is 0. The lowest BCUT2D eigenvalue weighted by Crippen LogP contribution is -2.24. The molecule has 102 valence electrons. The highest BCUT2D eigenvalue weighted by Crippen LogP contribution is 2.13. The maximum absolute atomic E-state index is 5.58. The molecule has 1 heterocycles. The largest absolute Gasteiger partial charge is 0.379 e. The van der Waals surface area contributed by atoms with Gasteiger partial charge in [0, 0.05) is 13.2 Å². The minimum absolute atomic E-state index is 0.0249. The van der Waals surface area contributed by atoms with Gasteiger partial charge in [-0.3, -0.25) is 0 Å². The molecule has 0 N–H and O–H groups in total. The average Bonchev–Trinajstić information content (AvgIpc) is 2.38. The highest BCUT2D eigenvalue weighted by Gasteiger charge is 2.13. The lowest BCUT2D eigenvalue weighted by atomic mass is 10.2. The first-order valence-electron chi connectivity index (χ1n) is 7.24. The summed E-state index contributed by atoms with van der Waals surface area (Å²) in [5, 5.41) is 0. The molecule has 0 aromatic heterocycles. The zero-order valence-corrected chi connectivity index (χ0v) is 11.3. The molecule has 1 unspecified atom stereocenters. The van der Waals surface area contributed by atoms with Gasteiger partial charge < -0.3 is 14.2 Å². The van der Waals surface area contributed by atoms with E-state index in [0.717, 1.165) is 19.6 Å². The second-order valence-electron chi connectivity index (χ2n) is 4.69. The molecule has 0 bridgehead atoms. The van der Waals surface area contributed by atoms with Gasteiger partial charge in [-0.1, -0.05) is 32.6 Å². The summed E-state index contributed by atoms with van der Waals surface area (Å²) in [6.07, 6.45) is 9.93. The van der Waals surface area contributed by atoms with E-state index in [4.69, 9.17) is 14.2 Å². The topological polar surface area (TPSA) is 27.7 Å². The quantitative estimate of drug-likeness (QED) is 0.550. The van der Waals surface area contributed by atoms with Crippen molar-refractivity contribution in [3.8, 4) is 0 Å². The van der Waals surface area contributed by atoms with Gasteiger partial charge in [0.1, 0.15) is 0 Å².